The van der Waals surface area contributed by atoms with E-state index in [2.05, 4.69) is 29.9 Å². The molecule has 0 aliphatic carbocycles. The van der Waals surface area contributed by atoms with Gasteiger partial charge in [0.1, 0.15) is 30.6 Å². The molecule has 0 aliphatic rings. The highest BCUT2D eigenvalue weighted by Gasteiger charge is 2.02. The molecular formula is C30H22F2N6. The fraction of sp³-hybridized carbons (Fsp3) is 0. The summed E-state index contributed by atoms with van der Waals surface area (Å²) in [6.07, 6.45) is 14.6. The van der Waals surface area contributed by atoms with Crippen molar-refractivity contribution >= 4 is 0 Å². The van der Waals surface area contributed by atoms with Crippen LogP contribution in [0.3, 0.4) is 0 Å². The summed E-state index contributed by atoms with van der Waals surface area (Å²) in [4.78, 5) is 23.3. The van der Waals surface area contributed by atoms with Crippen LogP contribution in [0, 0.1) is 11.6 Å². The Labute approximate surface area is 218 Å². The average molecular weight is 505 g/mol. The molecule has 0 saturated heterocycles. The lowest BCUT2D eigenvalue weighted by Gasteiger charge is -2.00. The SMILES string of the molecule is Fc1ccc(-c2cncnc2)cc1.Fc1ccccc1-c1cncnc1.c1ccc(-c2cncnc2)cc1. The highest BCUT2D eigenvalue weighted by Crippen LogP contribution is 2.20. The van der Waals surface area contributed by atoms with Crippen LogP contribution in [0.25, 0.3) is 33.4 Å². The zero-order chi connectivity index (χ0) is 26.4. The quantitative estimate of drug-likeness (QED) is 0.267. The Morgan fingerprint density at radius 2 is 0.789 bits per heavy atom. The van der Waals surface area contributed by atoms with Gasteiger partial charge in [0.2, 0.25) is 0 Å². The van der Waals surface area contributed by atoms with Crippen LogP contribution in [0.4, 0.5) is 8.78 Å². The lowest BCUT2D eigenvalue weighted by molar-refractivity contribution is 0.628. The van der Waals surface area contributed by atoms with E-state index in [1.165, 1.54) is 37.2 Å². The van der Waals surface area contributed by atoms with E-state index in [1.807, 2.05) is 42.7 Å². The summed E-state index contributed by atoms with van der Waals surface area (Å²) in [6, 6.07) is 22.9. The summed E-state index contributed by atoms with van der Waals surface area (Å²) in [7, 11) is 0. The van der Waals surface area contributed by atoms with E-state index in [-0.39, 0.29) is 11.6 Å². The molecule has 0 unspecified atom stereocenters. The molecule has 0 aliphatic heterocycles. The van der Waals surface area contributed by atoms with Crippen molar-refractivity contribution in [3.05, 3.63) is 147 Å². The highest BCUT2D eigenvalue weighted by molar-refractivity contribution is 5.62. The van der Waals surface area contributed by atoms with Crippen LogP contribution in [0.5, 0.6) is 0 Å². The third-order valence-electron chi connectivity index (χ3n) is 5.15. The van der Waals surface area contributed by atoms with Crippen molar-refractivity contribution in [1.82, 2.24) is 29.9 Å². The largest absolute Gasteiger partial charge is 0.244 e. The van der Waals surface area contributed by atoms with Gasteiger partial charge in [-0.15, -0.1) is 0 Å². The molecule has 38 heavy (non-hydrogen) atoms. The molecule has 186 valence electrons. The fourth-order valence-corrected chi connectivity index (χ4v) is 3.30. The second-order valence-corrected chi connectivity index (χ2v) is 7.73. The summed E-state index contributed by atoms with van der Waals surface area (Å²) in [5, 5.41) is 0. The lowest BCUT2D eigenvalue weighted by Crippen LogP contribution is -1.85. The Balaban J connectivity index is 0.000000133. The first-order valence-corrected chi connectivity index (χ1v) is 11.5. The van der Waals surface area contributed by atoms with Gasteiger partial charge in [0.25, 0.3) is 0 Å². The summed E-state index contributed by atoms with van der Waals surface area (Å²) in [6.45, 7) is 0. The van der Waals surface area contributed by atoms with Crippen LogP contribution in [0.2, 0.25) is 0 Å². The van der Waals surface area contributed by atoms with Crippen molar-refractivity contribution in [3.8, 4) is 33.4 Å². The standard InChI is InChI=1S/2C10H7FN2.C10H8N2/c11-10-3-1-8(2-4-10)9-5-12-7-13-6-9;11-10-4-2-1-3-9(10)8-5-12-7-13-6-8;1-2-4-9(5-3-1)10-6-11-8-12-7-10/h2*1-7H;1-8H. The molecule has 0 radical (unpaired) electrons. The molecule has 0 saturated carbocycles. The molecule has 0 fully saturated rings. The van der Waals surface area contributed by atoms with Gasteiger partial charge in [-0.25, -0.2) is 38.7 Å². The van der Waals surface area contributed by atoms with Gasteiger partial charge in [-0.2, -0.15) is 0 Å². The highest BCUT2D eigenvalue weighted by atomic mass is 19.1. The van der Waals surface area contributed by atoms with Crippen molar-refractivity contribution in [2.24, 2.45) is 0 Å². The van der Waals surface area contributed by atoms with Gasteiger partial charge >= 0.3 is 0 Å². The molecule has 6 nitrogen and oxygen atoms in total. The van der Waals surface area contributed by atoms with Gasteiger partial charge in [0.05, 0.1) is 0 Å². The maximum absolute atomic E-state index is 13.2. The second-order valence-electron chi connectivity index (χ2n) is 7.73. The zero-order valence-corrected chi connectivity index (χ0v) is 20.1. The van der Waals surface area contributed by atoms with E-state index in [4.69, 9.17) is 0 Å². The van der Waals surface area contributed by atoms with E-state index in [9.17, 15) is 8.78 Å². The Morgan fingerprint density at radius 1 is 0.368 bits per heavy atom. The van der Waals surface area contributed by atoms with Crippen LogP contribution in [0.1, 0.15) is 0 Å². The van der Waals surface area contributed by atoms with Crippen molar-refractivity contribution in [2.75, 3.05) is 0 Å². The maximum atomic E-state index is 13.2. The monoisotopic (exact) mass is 504 g/mol. The fourth-order valence-electron chi connectivity index (χ4n) is 3.30. The Hall–Kier alpha value is -5.24. The number of hydrogen-bond acceptors (Lipinski definition) is 6. The Kier molecular flexibility index (Phi) is 9.35. The number of halogens is 2. The van der Waals surface area contributed by atoms with Gasteiger partial charge in [0, 0.05) is 59.4 Å². The first kappa shape index (κ1) is 25.8. The Bertz CT molecular complexity index is 1470. The number of rotatable bonds is 3. The third kappa shape index (κ3) is 7.63. The summed E-state index contributed by atoms with van der Waals surface area (Å²) >= 11 is 0. The molecule has 0 bridgehead atoms. The smallest absolute Gasteiger partial charge is 0.131 e. The van der Waals surface area contributed by atoms with Crippen molar-refractivity contribution in [3.63, 3.8) is 0 Å². The lowest BCUT2D eigenvalue weighted by atomic mass is 10.1. The molecule has 0 amide bonds. The first-order valence-electron chi connectivity index (χ1n) is 11.5. The molecule has 3 heterocycles. The minimum absolute atomic E-state index is 0.236. The first-order chi connectivity index (χ1) is 18.7. The van der Waals surface area contributed by atoms with Crippen molar-refractivity contribution in [1.29, 1.82) is 0 Å². The van der Waals surface area contributed by atoms with E-state index in [0.717, 1.165) is 22.3 Å². The summed E-state index contributed by atoms with van der Waals surface area (Å²) in [5.74, 6) is -0.488. The number of aromatic nitrogens is 6. The van der Waals surface area contributed by atoms with Crippen LogP contribution in [-0.4, -0.2) is 29.9 Å². The van der Waals surface area contributed by atoms with Gasteiger partial charge in [0.15, 0.2) is 0 Å². The van der Waals surface area contributed by atoms with Crippen molar-refractivity contribution < 1.29 is 8.78 Å². The van der Waals surface area contributed by atoms with Gasteiger partial charge in [-0.1, -0.05) is 60.7 Å². The molecule has 3 aromatic carbocycles. The summed E-state index contributed by atoms with van der Waals surface area (Å²) in [5.41, 5.74) is 5.24. The Morgan fingerprint density at radius 3 is 1.29 bits per heavy atom. The van der Waals surface area contributed by atoms with Gasteiger partial charge in [-0.05, 0) is 29.3 Å². The van der Waals surface area contributed by atoms with Gasteiger partial charge in [-0.3, -0.25) is 0 Å². The normalized spacial score (nSPS) is 9.84. The van der Waals surface area contributed by atoms with E-state index in [1.54, 1.807) is 55.1 Å². The van der Waals surface area contributed by atoms with Crippen LogP contribution in [-0.2, 0) is 0 Å². The molecule has 0 spiro atoms. The minimum atomic E-state index is -0.252. The molecular weight excluding hydrogens is 482 g/mol. The predicted octanol–water partition coefficient (Wildman–Crippen LogP) is 6.71. The molecule has 0 N–H and O–H groups in total. The number of benzene rings is 3. The molecule has 6 aromatic rings. The van der Waals surface area contributed by atoms with E-state index in [0.29, 0.717) is 11.1 Å². The van der Waals surface area contributed by atoms with E-state index < -0.39 is 0 Å². The minimum Gasteiger partial charge on any atom is -0.244 e. The average Bonchev–Trinajstić information content (AvgIpc) is 3.00. The third-order valence-corrected chi connectivity index (χ3v) is 5.15. The molecule has 3 aromatic heterocycles. The van der Waals surface area contributed by atoms with Crippen LogP contribution in [0.15, 0.2) is 135 Å². The predicted molar refractivity (Wildman–Crippen MR) is 142 cm³/mol. The number of hydrogen-bond donors (Lipinski definition) is 0. The molecule has 6 rings (SSSR count). The summed E-state index contributed by atoms with van der Waals surface area (Å²) < 4.78 is 25.8. The number of nitrogens with zero attached hydrogens (tertiary/aromatic N) is 6. The van der Waals surface area contributed by atoms with Gasteiger partial charge < -0.3 is 0 Å². The van der Waals surface area contributed by atoms with E-state index >= 15 is 0 Å². The molecule has 0 atom stereocenters. The van der Waals surface area contributed by atoms with Crippen LogP contribution < -0.4 is 0 Å². The van der Waals surface area contributed by atoms with Crippen LogP contribution >= 0.6 is 0 Å². The van der Waals surface area contributed by atoms with Crippen molar-refractivity contribution in [2.45, 2.75) is 0 Å². The maximum Gasteiger partial charge on any atom is 0.131 e. The second kappa shape index (κ2) is 13.7. The zero-order valence-electron chi connectivity index (χ0n) is 20.1. The topological polar surface area (TPSA) is 77.3 Å². The molecule has 8 heteroatoms.